The van der Waals surface area contributed by atoms with Gasteiger partial charge >= 0.3 is 0 Å². The van der Waals surface area contributed by atoms with Crippen LogP contribution in [0.25, 0.3) is 0 Å². The third-order valence-electron chi connectivity index (χ3n) is 4.63. The second kappa shape index (κ2) is 8.94. The molecule has 2 aromatic rings. The standard InChI is InChI=1S/C20H23ClN2O4S/c1-28(25,26)19-7-5-18(6-8-19)27-15-20(24)23-11-9-22(10-12-23)14-16-3-2-4-17(21)13-16/h2-8,13H,9-12,14-15H2,1H3. The largest absolute Gasteiger partial charge is 0.484 e. The molecule has 0 radical (unpaired) electrons. The van der Waals surface area contributed by atoms with E-state index >= 15 is 0 Å². The minimum absolute atomic E-state index is 0.0630. The van der Waals surface area contributed by atoms with Gasteiger partial charge in [-0.3, -0.25) is 9.69 Å². The van der Waals surface area contributed by atoms with Gasteiger partial charge in [0.25, 0.3) is 5.91 Å². The number of nitrogens with zero attached hydrogens (tertiary/aromatic N) is 2. The molecule has 1 saturated heterocycles. The molecular formula is C20H23ClN2O4S. The molecule has 150 valence electrons. The van der Waals surface area contributed by atoms with Crippen LogP contribution in [0.3, 0.4) is 0 Å². The molecule has 3 rings (SSSR count). The summed E-state index contributed by atoms with van der Waals surface area (Å²) in [4.78, 5) is 16.7. The van der Waals surface area contributed by atoms with E-state index in [0.717, 1.165) is 36.5 Å². The van der Waals surface area contributed by atoms with Crippen LogP contribution in [0.4, 0.5) is 0 Å². The molecule has 0 aromatic heterocycles. The highest BCUT2D eigenvalue weighted by Crippen LogP contribution is 2.17. The fourth-order valence-electron chi connectivity index (χ4n) is 3.07. The van der Waals surface area contributed by atoms with E-state index in [9.17, 15) is 13.2 Å². The van der Waals surface area contributed by atoms with Crippen molar-refractivity contribution in [1.82, 2.24) is 9.80 Å². The molecule has 1 aliphatic rings. The van der Waals surface area contributed by atoms with Crippen LogP contribution >= 0.6 is 11.6 Å². The maximum Gasteiger partial charge on any atom is 0.260 e. The molecule has 0 saturated carbocycles. The van der Waals surface area contributed by atoms with Gasteiger partial charge in [0.15, 0.2) is 16.4 Å². The smallest absolute Gasteiger partial charge is 0.260 e. The molecule has 8 heteroatoms. The zero-order valence-corrected chi connectivity index (χ0v) is 17.2. The van der Waals surface area contributed by atoms with E-state index in [1.54, 1.807) is 17.0 Å². The lowest BCUT2D eigenvalue weighted by atomic mass is 10.2. The number of sulfone groups is 1. The lowest BCUT2D eigenvalue weighted by Crippen LogP contribution is -2.49. The third kappa shape index (κ3) is 5.70. The quantitative estimate of drug-likeness (QED) is 0.715. The Kier molecular flexibility index (Phi) is 6.59. The first-order valence-electron chi connectivity index (χ1n) is 8.99. The van der Waals surface area contributed by atoms with Crippen molar-refractivity contribution in [3.8, 4) is 5.75 Å². The average Bonchev–Trinajstić information content (AvgIpc) is 2.66. The zero-order chi connectivity index (χ0) is 20.1. The Balaban J connectivity index is 1.45. The number of halogens is 1. The second-order valence-electron chi connectivity index (χ2n) is 6.82. The summed E-state index contributed by atoms with van der Waals surface area (Å²) in [6, 6.07) is 13.9. The van der Waals surface area contributed by atoms with Gasteiger partial charge in [0.2, 0.25) is 0 Å². The van der Waals surface area contributed by atoms with Crippen LogP contribution in [0.15, 0.2) is 53.4 Å². The van der Waals surface area contributed by atoms with Crippen LogP contribution in [-0.2, 0) is 21.2 Å². The van der Waals surface area contributed by atoms with Crippen molar-refractivity contribution in [3.63, 3.8) is 0 Å². The summed E-state index contributed by atoms with van der Waals surface area (Å²) >= 11 is 6.03. The highest BCUT2D eigenvalue weighted by Gasteiger charge is 2.21. The fraction of sp³-hybridized carbons (Fsp3) is 0.350. The Bertz CT molecular complexity index is 923. The van der Waals surface area contributed by atoms with Gasteiger partial charge in [-0.05, 0) is 42.0 Å². The lowest BCUT2D eigenvalue weighted by Gasteiger charge is -2.34. The van der Waals surface area contributed by atoms with E-state index in [2.05, 4.69) is 4.90 Å². The van der Waals surface area contributed by atoms with Crippen LogP contribution < -0.4 is 4.74 Å². The molecular weight excluding hydrogens is 400 g/mol. The Labute approximate surface area is 170 Å². The van der Waals surface area contributed by atoms with Crippen molar-refractivity contribution >= 4 is 27.3 Å². The van der Waals surface area contributed by atoms with Crippen molar-refractivity contribution in [3.05, 3.63) is 59.1 Å². The topological polar surface area (TPSA) is 66.9 Å². The number of ether oxygens (including phenoxy) is 1. The number of benzene rings is 2. The number of carbonyl (C=O) groups excluding carboxylic acids is 1. The van der Waals surface area contributed by atoms with Crippen LogP contribution in [-0.4, -0.2) is 63.2 Å². The highest BCUT2D eigenvalue weighted by molar-refractivity contribution is 7.90. The van der Waals surface area contributed by atoms with Crippen molar-refractivity contribution in [1.29, 1.82) is 0 Å². The van der Waals surface area contributed by atoms with Crippen molar-refractivity contribution in [2.45, 2.75) is 11.4 Å². The van der Waals surface area contributed by atoms with Gasteiger partial charge in [-0.15, -0.1) is 0 Å². The molecule has 2 aromatic carbocycles. The molecule has 6 nitrogen and oxygen atoms in total. The number of hydrogen-bond acceptors (Lipinski definition) is 5. The molecule has 1 amide bonds. The van der Waals surface area contributed by atoms with E-state index in [4.69, 9.17) is 16.3 Å². The maximum absolute atomic E-state index is 12.4. The SMILES string of the molecule is CS(=O)(=O)c1ccc(OCC(=O)N2CCN(Cc3cccc(Cl)c3)CC2)cc1. The molecule has 1 aliphatic heterocycles. The summed E-state index contributed by atoms with van der Waals surface area (Å²) in [6.45, 7) is 3.63. The fourth-order valence-corrected chi connectivity index (χ4v) is 3.91. The van der Waals surface area contributed by atoms with Gasteiger partial charge in [0.05, 0.1) is 4.90 Å². The predicted octanol–water partition coefficient (Wildman–Crippen LogP) is 2.47. The van der Waals surface area contributed by atoms with Gasteiger partial charge in [-0.1, -0.05) is 23.7 Å². The second-order valence-corrected chi connectivity index (χ2v) is 9.27. The van der Waals surface area contributed by atoms with Gasteiger partial charge in [-0.25, -0.2) is 8.42 Å². The number of piperazine rings is 1. The number of hydrogen-bond donors (Lipinski definition) is 0. The molecule has 0 bridgehead atoms. The number of carbonyl (C=O) groups is 1. The molecule has 0 aliphatic carbocycles. The average molecular weight is 423 g/mol. The summed E-state index contributed by atoms with van der Waals surface area (Å²) in [5.41, 5.74) is 1.16. The van der Waals surface area contributed by atoms with E-state index in [-0.39, 0.29) is 17.4 Å². The van der Waals surface area contributed by atoms with Gasteiger partial charge in [-0.2, -0.15) is 0 Å². The maximum atomic E-state index is 12.4. The summed E-state index contributed by atoms with van der Waals surface area (Å²) in [7, 11) is -3.24. The molecule has 1 heterocycles. The number of rotatable bonds is 6. The van der Waals surface area contributed by atoms with Crippen molar-refractivity contribution in [2.24, 2.45) is 0 Å². The van der Waals surface area contributed by atoms with E-state index in [0.29, 0.717) is 18.8 Å². The summed E-state index contributed by atoms with van der Waals surface area (Å²) in [5, 5.41) is 0.730. The monoisotopic (exact) mass is 422 g/mol. The molecule has 0 unspecified atom stereocenters. The molecule has 28 heavy (non-hydrogen) atoms. The van der Waals surface area contributed by atoms with E-state index < -0.39 is 9.84 Å². The summed E-state index contributed by atoms with van der Waals surface area (Å²) in [5.74, 6) is 0.398. The third-order valence-corrected chi connectivity index (χ3v) is 6.00. The first kappa shape index (κ1) is 20.6. The normalized spacial score (nSPS) is 15.4. The van der Waals surface area contributed by atoms with Crippen LogP contribution in [0.2, 0.25) is 5.02 Å². The minimum atomic E-state index is -3.24. The Morgan fingerprint density at radius 1 is 1.07 bits per heavy atom. The molecule has 0 spiro atoms. The van der Waals surface area contributed by atoms with Crippen LogP contribution in [0.5, 0.6) is 5.75 Å². The summed E-state index contributed by atoms with van der Waals surface area (Å²) < 4.78 is 28.4. The van der Waals surface area contributed by atoms with Crippen LogP contribution in [0.1, 0.15) is 5.56 Å². The Morgan fingerprint density at radius 3 is 2.36 bits per heavy atom. The molecule has 0 atom stereocenters. The Hall–Kier alpha value is -2.09. The highest BCUT2D eigenvalue weighted by atomic mass is 35.5. The van der Waals surface area contributed by atoms with Gasteiger partial charge in [0, 0.05) is 44.0 Å². The first-order chi connectivity index (χ1) is 13.3. The van der Waals surface area contributed by atoms with E-state index in [1.807, 2.05) is 24.3 Å². The van der Waals surface area contributed by atoms with Crippen molar-refractivity contribution < 1.29 is 17.9 Å². The predicted molar refractivity (Wildman–Crippen MR) is 108 cm³/mol. The minimum Gasteiger partial charge on any atom is -0.484 e. The lowest BCUT2D eigenvalue weighted by molar-refractivity contribution is -0.135. The van der Waals surface area contributed by atoms with E-state index in [1.165, 1.54) is 12.1 Å². The molecule has 0 N–H and O–H groups in total. The zero-order valence-electron chi connectivity index (χ0n) is 15.7. The van der Waals surface area contributed by atoms with Crippen LogP contribution in [0, 0.1) is 0 Å². The Morgan fingerprint density at radius 2 is 1.75 bits per heavy atom. The number of amides is 1. The van der Waals surface area contributed by atoms with Crippen molar-refractivity contribution in [2.75, 3.05) is 39.0 Å². The summed E-state index contributed by atoms with van der Waals surface area (Å²) in [6.07, 6.45) is 1.15. The molecule has 1 fully saturated rings. The first-order valence-corrected chi connectivity index (χ1v) is 11.3. The van der Waals surface area contributed by atoms with Gasteiger partial charge < -0.3 is 9.64 Å². The van der Waals surface area contributed by atoms with Gasteiger partial charge in [0.1, 0.15) is 5.75 Å².